The zero-order valence-corrected chi connectivity index (χ0v) is 11.9. The second kappa shape index (κ2) is 6.38. The van der Waals surface area contributed by atoms with Crippen LogP contribution < -0.4 is 5.73 Å². The zero-order valence-electron chi connectivity index (χ0n) is 10.3. The maximum Gasteiger partial charge on any atom is 0.117 e. The predicted octanol–water partition coefficient (Wildman–Crippen LogP) is 3.52. The molecule has 98 valence electrons. The van der Waals surface area contributed by atoms with Gasteiger partial charge in [0.25, 0.3) is 0 Å². The molecule has 0 bridgehead atoms. The standard InChI is InChI=1S/C13H17ClN2OS/c1-2-16(9-10-4-3-7-17-10)11(8-15)12-5-6-13(14)18-12/h3-7,11H,2,8-9,15H2,1H3. The van der Waals surface area contributed by atoms with E-state index in [-0.39, 0.29) is 6.04 Å². The maximum absolute atomic E-state index is 5.99. The van der Waals surface area contributed by atoms with Crippen molar-refractivity contribution in [2.24, 2.45) is 5.73 Å². The molecule has 1 atom stereocenters. The SMILES string of the molecule is CCN(Cc1ccco1)C(CN)c1ccc(Cl)s1. The third-order valence-electron chi connectivity index (χ3n) is 2.93. The molecule has 1 unspecified atom stereocenters. The largest absolute Gasteiger partial charge is 0.468 e. The highest BCUT2D eigenvalue weighted by atomic mass is 35.5. The second-order valence-electron chi connectivity index (χ2n) is 4.04. The molecule has 0 amide bonds. The Balaban J connectivity index is 2.13. The van der Waals surface area contributed by atoms with Gasteiger partial charge in [0, 0.05) is 11.4 Å². The van der Waals surface area contributed by atoms with Crippen molar-refractivity contribution in [1.29, 1.82) is 0 Å². The van der Waals surface area contributed by atoms with Crippen molar-refractivity contribution in [3.8, 4) is 0 Å². The molecule has 2 rings (SSSR count). The van der Waals surface area contributed by atoms with Crippen LogP contribution in [0.2, 0.25) is 4.34 Å². The average molecular weight is 285 g/mol. The summed E-state index contributed by atoms with van der Waals surface area (Å²) in [4.78, 5) is 3.50. The lowest BCUT2D eigenvalue weighted by Gasteiger charge is -2.28. The molecule has 0 aliphatic heterocycles. The van der Waals surface area contributed by atoms with Crippen LogP contribution in [0.4, 0.5) is 0 Å². The van der Waals surface area contributed by atoms with Crippen LogP contribution in [0, 0.1) is 0 Å². The first-order valence-corrected chi connectivity index (χ1v) is 7.15. The molecule has 0 fully saturated rings. The van der Waals surface area contributed by atoms with Crippen LogP contribution in [0.15, 0.2) is 34.9 Å². The highest BCUT2D eigenvalue weighted by Gasteiger charge is 2.20. The van der Waals surface area contributed by atoms with E-state index >= 15 is 0 Å². The van der Waals surface area contributed by atoms with Crippen molar-refractivity contribution in [1.82, 2.24) is 4.90 Å². The van der Waals surface area contributed by atoms with Crippen LogP contribution >= 0.6 is 22.9 Å². The van der Waals surface area contributed by atoms with Gasteiger partial charge in [-0.2, -0.15) is 0 Å². The Bertz CT molecular complexity index is 469. The van der Waals surface area contributed by atoms with Gasteiger partial charge < -0.3 is 10.2 Å². The van der Waals surface area contributed by atoms with Crippen LogP contribution in [-0.2, 0) is 6.54 Å². The Morgan fingerprint density at radius 3 is 2.78 bits per heavy atom. The molecular weight excluding hydrogens is 268 g/mol. The summed E-state index contributed by atoms with van der Waals surface area (Å²) in [6.07, 6.45) is 1.70. The van der Waals surface area contributed by atoms with E-state index < -0.39 is 0 Å². The van der Waals surface area contributed by atoms with E-state index in [1.54, 1.807) is 17.6 Å². The van der Waals surface area contributed by atoms with Crippen LogP contribution in [-0.4, -0.2) is 18.0 Å². The topological polar surface area (TPSA) is 42.4 Å². The molecule has 2 heterocycles. The molecule has 2 N–H and O–H groups in total. The van der Waals surface area contributed by atoms with Gasteiger partial charge in [0.2, 0.25) is 0 Å². The Kier molecular flexibility index (Phi) is 4.83. The summed E-state index contributed by atoms with van der Waals surface area (Å²) in [7, 11) is 0. The smallest absolute Gasteiger partial charge is 0.117 e. The molecule has 3 nitrogen and oxygen atoms in total. The summed E-state index contributed by atoms with van der Waals surface area (Å²) in [6, 6.07) is 8.05. The van der Waals surface area contributed by atoms with Gasteiger partial charge in [-0.25, -0.2) is 0 Å². The quantitative estimate of drug-likeness (QED) is 0.882. The third kappa shape index (κ3) is 3.14. The molecule has 0 saturated carbocycles. The molecule has 2 aromatic heterocycles. The van der Waals surface area contributed by atoms with Gasteiger partial charge in [0.05, 0.1) is 23.2 Å². The molecule has 0 aliphatic carbocycles. The number of furan rings is 1. The fourth-order valence-corrected chi connectivity index (χ4v) is 3.21. The minimum Gasteiger partial charge on any atom is -0.468 e. The summed E-state index contributed by atoms with van der Waals surface area (Å²) >= 11 is 7.58. The number of hydrogen-bond donors (Lipinski definition) is 1. The molecule has 2 aromatic rings. The number of nitrogens with two attached hydrogens (primary N) is 1. The molecule has 0 spiro atoms. The van der Waals surface area contributed by atoms with E-state index in [4.69, 9.17) is 21.8 Å². The first-order chi connectivity index (χ1) is 8.74. The van der Waals surface area contributed by atoms with Crippen molar-refractivity contribution in [3.05, 3.63) is 45.5 Å². The molecule has 0 aliphatic rings. The van der Waals surface area contributed by atoms with E-state index in [9.17, 15) is 0 Å². The lowest BCUT2D eigenvalue weighted by molar-refractivity contribution is 0.190. The van der Waals surface area contributed by atoms with E-state index in [0.29, 0.717) is 6.54 Å². The van der Waals surface area contributed by atoms with Crippen molar-refractivity contribution in [2.75, 3.05) is 13.1 Å². The number of hydrogen-bond acceptors (Lipinski definition) is 4. The van der Waals surface area contributed by atoms with Gasteiger partial charge in [-0.1, -0.05) is 18.5 Å². The van der Waals surface area contributed by atoms with E-state index in [2.05, 4.69) is 17.9 Å². The normalized spacial score (nSPS) is 13.1. The first kappa shape index (κ1) is 13.6. The summed E-state index contributed by atoms with van der Waals surface area (Å²) in [6.45, 7) is 4.38. The molecule has 0 saturated heterocycles. The van der Waals surface area contributed by atoms with Crippen LogP contribution in [0.5, 0.6) is 0 Å². The predicted molar refractivity (Wildman–Crippen MR) is 75.9 cm³/mol. The van der Waals surface area contributed by atoms with Gasteiger partial charge in [-0.3, -0.25) is 4.90 Å². The number of nitrogens with zero attached hydrogens (tertiary/aromatic N) is 1. The molecule has 5 heteroatoms. The second-order valence-corrected chi connectivity index (χ2v) is 5.78. The Hall–Kier alpha value is -0.810. The van der Waals surface area contributed by atoms with Gasteiger partial charge >= 0.3 is 0 Å². The lowest BCUT2D eigenvalue weighted by Crippen LogP contribution is -2.32. The van der Waals surface area contributed by atoms with E-state index in [1.807, 2.05) is 18.2 Å². The van der Waals surface area contributed by atoms with E-state index in [0.717, 1.165) is 23.2 Å². The van der Waals surface area contributed by atoms with Crippen LogP contribution in [0.3, 0.4) is 0 Å². The molecular formula is C13H17ClN2OS. The zero-order chi connectivity index (χ0) is 13.0. The Morgan fingerprint density at radius 2 is 2.28 bits per heavy atom. The van der Waals surface area contributed by atoms with Gasteiger partial charge in [-0.15, -0.1) is 11.3 Å². The highest BCUT2D eigenvalue weighted by Crippen LogP contribution is 2.30. The van der Waals surface area contributed by atoms with Crippen molar-refractivity contribution >= 4 is 22.9 Å². The lowest BCUT2D eigenvalue weighted by atomic mass is 10.2. The Labute approximate surface area is 116 Å². The fraction of sp³-hybridized carbons (Fsp3) is 0.385. The first-order valence-electron chi connectivity index (χ1n) is 5.96. The number of likely N-dealkylation sites (N-methyl/N-ethyl adjacent to an activating group) is 1. The average Bonchev–Trinajstić information content (AvgIpc) is 3.01. The number of rotatable bonds is 6. The highest BCUT2D eigenvalue weighted by molar-refractivity contribution is 7.16. The van der Waals surface area contributed by atoms with Crippen molar-refractivity contribution in [3.63, 3.8) is 0 Å². The molecule has 0 radical (unpaired) electrons. The summed E-state index contributed by atoms with van der Waals surface area (Å²) in [5, 5.41) is 0. The van der Waals surface area contributed by atoms with Gasteiger partial charge in [0.15, 0.2) is 0 Å². The molecule has 0 aromatic carbocycles. The summed E-state index contributed by atoms with van der Waals surface area (Å²) in [5.41, 5.74) is 5.91. The van der Waals surface area contributed by atoms with Gasteiger partial charge in [0.1, 0.15) is 5.76 Å². The maximum atomic E-state index is 5.99. The van der Waals surface area contributed by atoms with Crippen LogP contribution in [0.25, 0.3) is 0 Å². The third-order valence-corrected chi connectivity index (χ3v) is 4.26. The van der Waals surface area contributed by atoms with Crippen molar-refractivity contribution in [2.45, 2.75) is 19.5 Å². The van der Waals surface area contributed by atoms with Gasteiger partial charge in [-0.05, 0) is 30.8 Å². The van der Waals surface area contributed by atoms with Crippen LogP contribution in [0.1, 0.15) is 23.6 Å². The monoisotopic (exact) mass is 284 g/mol. The minimum absolute atomic E-state index is 0.192. The van der Waals surface area contributed by atoms with Crippen molar-refractivity contribution < 1.29 is 4.42 Å². The summed E-state index contributed by atoms with van der Waals surface area (Å²) < 4.78 is 6.20. The number of thiophene rings is 1. The Morgan fingerprint density at radius 1 is 1.44 bits per heavy atom. The number of halogens is 1. The summed E-state index contributed by atoms with van der Waals surface area (Å²) in [5.74, 6) is 0.956. The fourth-order valence-electron chi connectivity index (χ4n) is 2.00. The minimum atomic E-state index is 0.192. The van der Waals surface area contributed by atoms with E-state index in [1.165, 1.54) is 4.88 Å². The molecule has 18 heavy (non-hydrogen) atoms.